The average molecular weight is 214 g/mol. The molecule has 0 spiro atoms. The number of hydrogen-bond donors (Lipinski definition) is 1. The number of rotatable bonds is 5. The Hall–Kier alpha value is -1.01. The monoisotopic (exact) mass is 214 g/mol. The van der Waals surface area contributed by atoms with Crippen molar-refractivity contribution >= 4 is 17.2 Å². The molecule has 0 unspecified atom stereocenters. The molecule has 1 aromatic rings. The molecule has 2 N–H and O–H groups in total. The van der Waals surface area contributed by atoms with Crippen LogP contribution in [0.1, 0.15) is 18.3 Å². The van der Waals surface area contributed by atoms with Gasteiger partial charge in [-0.15, -0.1) is 5.10 Å². The normalized spacial score (nSPS) is 10.4. The van der Waals surface area contributed by atoms with Gasteiger partial charge in [0.2, 0.25) is 0 Å². The largest absolute Gasteiger partial charge is 0.388 e. The molecule has 6 heteroatoms. The fourth-order valence-electron chi connectivity index (χ4n) is 1.10. The molecule has 0 saturated heterocycles. The van der Waals surface area contributed by atoms with Gasteiger partial charge >= 0.3 is 0 Å². The highest BCUT2D eigenvalue weighted by atomic mass is 32.1. The number of hydrogen-bond acceptors (Lipinski definition) is 4. The van der Waals surface area contributed by atoms with Gasteiger partial charge in [-0.1, -0.05) is 17.4 Å². The second-order valence-electron chi connectivity index (χ2n) is 2.81. The first-order chi connectivity index (χ1) is 6.66. The molecule has 14 heavy (non-hydrogen) atoms. The van der Waals surface area contributed by atoms with Crippen LogP contribution in [0.3, 0.4) is 0 Å². The van der Waals surface area contributed by atoms with E-state index in [1.807, 2.05) is 13.8 Å². The molecule has 0 aromatic carbocycles. The molecule has 0 amide bonds. The van der Waals surface area contributed by atoms with E-state index in [0.29, 0.717) is 25.5 Å². The summed E-state index contributed by atoms with van der Waals surface area (Å²) in [5, 5.41) is 7.81. The highest BCUT2D eigenvalue weighted by molar-refractivity contribution is 7.80. The molecular weight excluding hydrogens is 200 g/mol. The van der Waals surface area contributed by atoms with Crippen LogP contribution in [0.5, 0.6) is 0 Å². The Kier molecular flexibility index (Phi) is 3.97. The molecule has 0 bridgehead atoms. The SMILES string of the molecule is CCOCCn1nnc(C(N)=S)c1C. The van der Waals surface area contributed by atoms with Gasteiger partial charge < -0.3 is 10.5 Å². The van der Waals surface area contributed by atoms with Crippen molar-refractivity contribution in [3.8, 4) is 0 Å². The Morgan fingerprint density at radius 1 is 1.64 bits per heavy atom. The third-order valence-electron chi connectivity index (χ3n) is 1.87. The number of nitrogens with zero attached hydrogens (tertiary/aromatic N) is 3. The number of aromatic nitrogens is 3. The van der Waals surface area contributed by atoms with Crippen LogP contribution < -0.4 is 5.73 Å². The van der Waals surface area contributed by atoms with Crippen molar-refractivity contribution in [3.05, 3.63) is 11.4 Å². The van der Waals surface area contributed by atoms with E-state index < -0.39 is 0 Å². The first-order valence-electron chi connectivity index (χ1n) is 4.44. The van der Waals surface area contributed by atoms with Crippen molar-refractivity contribution in [1.82, 2.24) is 15.0 Å². The van der Waals surface area contributed by atoms with Gasteiger partial charge in [0.05, 0.1) is 18.8 Å². The lowest BCUT2D eigenvalue weighted by atomic mass is 10.3. The first kappa shape index (κ1) is 11.1. The van der Waals surface area contributed by atoms with E-state index in [9.17, 15) is 0 Å². The summed E-state index contributed by atoms with van der Waals surface area (Å²) in [5.41, 5.74) is 6.95. The summed E-state index contributed by atoms with van der Waals surface area (Å²) < 4.78 is 6.95. The zero-order valence-electron chi connectivity index (χ0n) is 8.36. The van der Waals surface area contributed by atoms with Gasteiger partial charge in [0, 0.05) is 6.61 Å². The summed E-state index contributed by atoms with van der Waals surface area (Å²) >= 11 is 4.83. The summed E-state index contributed by atoms with van der Waals surface area (Å²) in [7, 11) is 0. The van der Waals surface area contributed by atoms with Crippen LogP contribution >= 0.6 is 12.2 Å². The second-order valence-corrected chi connectivity index (χ2v) is 3.25. The molecule has 0 atom stereocenters. The van der Waals surface area contributed by atoms with Crippen molar-refractivity contribution in [2.24, 2.45) is 5.73 Å². The van der Waals surface area contributed by atoms with Crippen molar-refractivity contribution in [2.45, 2.75) is 20.4 Å². The minimum atomic E-state index is 0.283. The Morgan fingerprint density at radius 3 is 2.86 bits per heavy atom. The molecule has 1 aromatic heterocycles. The standard InChI is InChI=1S/C8H14N4OS/c1-3-13-5-4-12-6(2)7(8(9)14)10-11-12/h3-5H2,1-2H3,(H2,9,14). The van der Waals surface area contributed by atoms with Crippen LogP contribution in [-0.4, -0.2) is 33.2 Å². The molecular formula is C8H14N4OS. The Balaban J connectivity index is 2.65. The fourth-order valence-corrected chi connectivity index (χ4v) is 1.28. The second kappa shape index (κ2) is 5.02. The predicted molar refractivity (Wildman–Crippen MR) is 57.1 cm³/mol. The lowest BCUT2D eigenvalue weighted by molar-refractivity contribution is 0.135. The van der Waals surface area contributed by atoms with Crippen LogP contribution in [0.15, 0.2) is 0 Å². The zero-order valence-corrected chi connectivity index (χ0v) is 9.17. The number of ether oxygens (including phenoxy) is 1. The molecule has 0 radical (unpaired) electrons. The molecule has 0 fully saturated rings. The summed E-state index contributed by atoms with van der Waals surface area (Å²) in [6, 6.07) is 0. The van der Waals surface area contributed by atoms with Gasteiger partial charge in [-0.3, -0.25) is 0 Å². The van der Waals surface area contributed by atoms with Gasteiger partial charge in [-0.2, -0.15) is 0 Å². The van der Waals surface area contributed by atoms with Crippen molar-refractivity contribution in [1.29, 1.82) is 0 Å². The molecule has 78 valence electrons. The molecule has 0 aliphatic rings. The van der Waals surface area contributed by atoms with E-state index in [1.54, 1.807) is 4.68 Å². The van der Waals surface area contributed by atoms with Crippen molar-refractivity contribution in [2.75, 3.05) is 13.2 Å². The van der Waals surface area contributed by atoms with E-state index in [0.717, 1.165) is 5.69 Å². The van der Waals surface area contributed by atoms with Crippen LogP contribution in [0.25, 0.3) is 0 Å². The van der Waals surface area contributed by atoms with Gasteiger partial charge in [0.1, 0.15) is 10.7 Å². The summed E-state index contributed by atoms with van der Waals surface area (Å²) in [5.74, 6) is 0. The van der Waals surface area contributed by atoms with Crippen LogP contribution in [-0.2, 0) is 11.3 Å². The smallest absolute Gasteiger partial charge is 0.142 e. The number of nitrogens with two attached hydrogens (primary N) is 1. The molecule has 1 heterocycles. The maximum Gasteiger partial charge on any atom is 0.142 e. The topological polar surface area (TPSA) is 66.0 Å². The third-order valence-corrected chi connectivity index (χ3v) is 2.06. The van der Waals surface area contributed by atoms with Gasteiger partial charge in [0.15, 0.2) is 0 Å². The minimum Gasteiger partial charge on any atom is -0.388 e. The third kappa shape index (κ3) is 2.49. The Morgan fingerprint density at radius 2 is 2.36 bits per heavy atom. The molecule has 5 nitrogen and oxygen atoms in total. The maximum atomic E-state index is 5.47. The lowest BCUT2D eigenvalue weighted by Gasteiger charge is -2.03. The quantitative estimate of drug-likeness (QED) is 0.562. The fraction of sp³-hybridized carbons (Fsp3) is 0.625. The van der Waals surface area contributed by atoms with E-state index >= 15 is 0 Å². The molecule has 0 aliphatic carbocycles. The summed E-state index contributed by atoms with van der Waals surface area (Å²) in [4.78, 5) is 0.283. The molecule has 0 saturated carbocycles. The maximum absolute atomic E-state index is 5.47. The van der Waals surface area contributed by atoms with Gasteiger partial charge in [-0.25, -0.2) is 4.68 Å². The summed E-state index contributed by atoms with van der Waals surface area (Å²) in [6.45, 7) is 5.84. The van der Waals surface area contributed by atoms with E-state index in [2.05, 4.69) is 10.3 Å². The van der Waals surface area contributed by atoms with E-state index in [4.69, 9.17) is 22.7 Å². The van der Waals surface area contributed by atoms with Crippen LogP contribution in [0.4, 0.5) is 0 Å². The molecule has 0 aliphatic heterocycles. The minimum absolute atomic E-state index is 0.283. The lowest BCUT2D eigenvalue weighted by Crippen LogP contribution is -2.13. The average Bonchev–Trinajstić information content (AvgIpc) is 2.48. The Bertz CT molecular complexity index is 323. The van der Waals surface area contributed by atoms with Gasteiger partial charge in [0.25, 0.3) is 0 Å². The first-order valence-corrected chi connectivity index (χ1v) is 4.85. The van der Waals surface area contributed by atoms with Crippen molar-refractivity contribution in [3.63, 3.8) is 0 Å². The van der Waals surface area contributed by atoms with E-state index in [1.165, 1.54) is 0 Å². The number of thiocarbonyl (C=S) groups is 1. The van der Waals surface area contributed by atoms with Crippen LogP contribution in [0.2, 0.25) is 0 Å². The zero-order chi connectivity index (χ0) is 10.6. The molecule has 1 rings (SSSR count). The predicted octanol–water partition coefficient (Wildman–Crippen LogP) is 0.257. The van der Waals surface area contributed by atoms with Gasteiger partial charge in [-0.05, 0) is 13.8 Å². The van der Waals surface area contributed by atoms with Crippen molar-refractivity contribution < 1.29 is 4.74 Å². The van der Waals surface area contributed by atoms with E-state index in [-0.39, 0.29) is 4.99 Å². The highest BCUT2D eigenvalue weighted by Gasteiger charge is 2.09. The highest BCUT2D eigenvalue weighted by Crippen LogP contribution is 2.02. The summed E-state index contributed by atoms with van der Waals surface area (Å²) in [6.07, 6.45) is 0. The van der Waals surface area contributed by atoms with Crippen LogP contribution in [0, 0.1) is 6.92 Å². The Labute approximate surface area is 88.2 Å².